The molecule has 2 rings (SSSR count). The van der Waals surface area contributed by atoms with E-state index >= 15 is 0 Å². The summed E-state index contributed by atoms with van der Waals surface area (Å²) in [6, 6.07) is -0.382. The van der Waals surface area contributed by atoms with Gasteiger partial charge in [0, 0.05) is 19.4 Å². The van der Waals surface area contributed by atoms with Crippen LogP contribution < -0.4 is 5.32 Å². The van der Waals surface area contributed by atoms with Crippen molar-refractivity contribution in [2.45, 2.75) is 25.9 Å². The number of nitrogens with zero attached hydrogens (tertiary/aromatic N) is 3. The van der Waals surface area contributed by atoms with Crippen molar-refractivity contribution in [2.24, 2.45) is 7.05 Å². The Labute approximate surface area is 99.6 Å². The van der Waals surface area contributed by atoms with E-state index in [-0.39, 0.29) is 24.4 Å². The summed E-state index contributed by atoms with van der Waals surface area (Å²) >= 11 is 0. The van der Waals surface area contributed by atoms with Crippen molar-refractivity contribution in [3.05, 3.63) is 18.2 Å². The molecule has 1 atom stereocenters. The molecule has 0 saturated carbocycles. The molecule has 0 aliphatic carbocycles. The number of carbonyl (C=O) groups is 2. The Balaban J connectivity index is 2.19. The van der Waals surface area contributed by atoms with Gasteiger partial charge in [-0.3, -0.25) is 9.59 Å². The first-order valence-electron chi connectivity index (χ1n) is 5.67. The van der Waals surface area contributed by atoms with Crippen molar-refractivity contribution in [2.75, 3.05) is 6.54 Å². The number of piperazine rings is 1. The van der Waals surface area contributed by atoms with Gasteiger partial charge >= 0.3 is 0 Å². The zero-order chi connectivity index (χ0) is 12.4. The standard InChI is InChI=1S/C11H16N4O2/c1-3-8-11(17)13-6-10(16)15(8)7-9-12-4-5-14(9)2/h4-5,8H,3,6-7H2,1-2H3,(H,13,17). The maximum absolute atomic E-state index is 11.8. The number of carbonyl (C=O) groups excluding carboxylic acids is 2. The SMILES string of the molecule is CCC1C(=O)NCC(=O)N1Cc1nccn1C. The van der Waals surface area contributed by atoms with E-state index in [0.717, 1.165) is 5.82 Å². The lowest BCUT2D eigenvalue weighted by atomic mass is 10.1. The van der Waals surface area contributed by atoms with E-state index in [4.69, 9.17) is 0 Å². The normalized spacial score (nSPS) is 20.6. The van der Waals surface area contributed by atoms with Gasteiger partial charge in [-0.2, -0.15) is 0 Å². The Morgan fingerprint density at radius 1 is 1.53 bits per heavy atom. The third-order valence-corrected chi connectivity index (χ3v) is 3.03. The van der Waals surface area contributed by atoms with Gasteiger partial charge in [0.25, 0.3) is 0 Å². The molecule has 1 aromatic heterocycles. The fourth-order valence-corrected chi connectivity index (χ4v) is 2.00. The summed E-state index contributed by atoms with van der Waals surface area (Å²) in [4.78, 5) is 29.3. The van der Waals surface area contributed by atoms with Crippen molar-refractivity contribution in [3.8, 4) is 0 Å². The van der Waals surface area contributed by atoms with E-state index in [9.17, 15) is 9.59 Å². The molecule has 0 bridgehead atoms. The third kappa shape index (κ3) is 2.15. The summed E-state index contributed by atoms with van der Waals surface area (Å²) < 4.78 is 1.85. The van der Waals surface area contributed by atoms with E-state index in [1.54, 1.807) is 11.1 Å². The highest BCUT2D eigenvalue weighted by molar-refractivity contribution is 5.94. The van der Waals surface area contributed by atoms with Gasteiger partial charge in [0.05, 0.1) is 13.1 Å². The monoisotopic (exact) mass is 236 g/mol. The maximum Gasteiger partial charge on any atom is 0.243 e. The number of hydrogen-bond donors (Lipinski definition) is 1. The van der Waals surface area contributed by atoms with E-state index < -0.39 is 0 Å². The van der Waals surface area contributed by atoms with Crippen LogP contribution >= 0.6 is 0 Å². The molecule has 1 aromatic rings. The summed E-state index contributed by atoms with van der Waals surface area (Å²) in [5.41, 5.74) is 0. The molecule has 2 amide bonds. The fourth-order valence-electron chi connectivity index (χ4n) is 2.00. The largest absolute Gasteiger partial charge is 0.345 e. The van der Waals surface area contributed by atoms with Crippen LogP contribution in [0.5, 0.6) is 0 Å². The van der Waals surface area contributed by atoms with Gasteiger partial charge in [-0.15, -0.1) is 0 Å². The van der Waals surface area contributed by atoms with Crippen LogP contribution in [0.1, 0.15) is 19.2 Å². The van der Waals surface area contributed by atoms with Gasteiger partial charge in [-0.1, -0.05) is 6.92 Å². The van der Waals surface area contributed by atoms with Crippen LogP contribution in [-0.2, 0) is 23.2 Å². The number of hydrogen-bond acceptors (Lipinski definition) is 3. The lowest BCUT2D eigenvalue weighted by molar-refractivity contribution is -0.146. The predicted octanol–water partition coefficient (Wildman–Crippen LogP) is -0.343. The second-order valence-corrected chi connectivity index (χ2v) is 4.12. The first-order valence-corrected chi connectivity index (χ1v) is 5.67. The molecule has 6 nitrogen and oxygen atoms in total. The lowest BCUT2D eigenvalue weighted by Gasteiger charge is -2.34. The predicted molar refractivity (Wildman–Crippen MR) is 60.8 cm³/mol. The zero-order valence-electron chi connectivity index (χ0n) is 10.0. The molecule has 92 valence electrons. The van der Waals surface area contributed by atoms with Gasteiger partial charge in [-0.05, 0) is 6.42 Å². The van der Waals surface area contributed by atoms with Crippen molar-refractivity contribution < 1.29 is 9.59 Å². The Morgan fingerprint density at radius 2 is 2.29 bits per heavy atom. The molecule has 0 radical (unpaired) electrons. The molecule has 1 aliphatic rings. The quantitative estimate of drug-likeness (QED) is 0.780. The fraction of sp³-hybridized carbons (Fsp3) is 0.545. The van der Waals surface area contributed by atoms with E-state index in [1.807, 2.05) is 24.7 Å². The van der Waals surface area contributed by atoms with Crippen LogP contribution in [0.2, 0.25) is 0 Å². The number of rotatable bonds is 3. The van der Waals surface area contributed by atoms with Crippen LogP contribution in [0.3, 0.4) is 0 Å². The summed E-state index contributed by atoms with van der Waals surface area (Å²) in [5, 5.41) is 2.60. The van der Waals surface area contributed by atoms with Crippen molar-refractivity contribution >= 4 is 11.8 Å². The molecular formula is C11H16N4O2. The second kappa shape index (κ2) is 4.57. The van der Waals surface area contributed by atoms with Gasteiger partial charge < -0.3 is 14.8 Å². The molecule has 1 unspecified atom stereocenters. The highest BCUT2D eigenvalue weighted by atomic mass is 16.2. The molecule has 2 heterocycles. The topological polar surface area (TPSA) is 67.2 Å². The number of aryl methyl sites for hydroxylation is 1. The van der Waals surface area contributed by atoms with Crippen LogP contribution in [0.15, 0.2) is 12.4 Å². The van der Waals surface area contributed by atoms with Crippen molar-refractivity contribution in [1.29, 1.82) is 0 Å². The number of imidazole rings is 1. The highest BCUT2D eigenvalue weighted by Crippen LogP contribution is 2.13. The molecule has 6 heteroatoms. The molecule has 1 aliphatic heterocycles. The minimum Gasteiger partial charge on any atom is -0.345 e. The van der Waals surface area contributed by atoms with Crippen molar-refractivity contribution in [1.82, 2.24) is 19.8 Å². The van der Waals surface area contributed by atoms with Crippen LogP contribution in [0, 0.1) is 0 Å². The van der Waals surface area contributed by atoms with E-state index in [1.165, 1.54) is 0 Å². The summed E-state index contributed by atoms with van der Waals surface area (Å²) in [6.07, 6.45) is 4.12. The first-order chi connectivity index (χ1) is 8.13. The smallest absolute Gasteiger partial charge is 0.243 e. The van der Waals surface area contributed by atoms with Crippen LogP contribution in [0.25, 0.3) is 0 Å². The van der Waals surface area contributed by atoms with Gasteiger partial charge in [-0.25, -0.2) is 4.98 Å². The van der Waals surface area contributed by atoms with Gasteiger partial charge in [0.15, 0.2) is 0 Å². The number of aromatic nitrogens is 2. The first kappa shape index (κ1) is 11.6. The van der Waals surface area contributed by atoms with Crippen LogP contribution in [-0.4, -0.2) is 38.9 Å². The van der Waals surface area contributed by atoms with Gasteiger partial charge in [0.1, 0.15) is 11.9 Å². The molecule has 1 fully saturated rings. The van der Waals surface area contributed by atoms with Crippen LogP contribution in [0.4, 0.5) is 0 Å². The molecule has 0 spiro atoms. The Kier molecular flexibility index (Phi) is 3.12. The Hall–Kier alpha value is -1.85. The minimum atomic E-state index is -0.382. The summed E-state index contributed by atoms with van der Waals surface area (Å²) in [6.45, 7) is 2.36. The summed E-state index contributed by atoms with van der Waals surface area (Å²) in [7, 11) is 1.87. The Morgan fingerprint density at radius 3 is 2.88 bits per heavy atom. The second-order valence-electron chi connectivity index (χ2n) is 4.12. The number of nitrogens with one attached hydrogen (secondary N) is 1. The Bertz CT molecular complexity index is 440. The van der Waals surface area contributed by atoms with Crippen molar-refractivity contribution in [3.63, 3.8) is 0 Å². The maximum atomic E-state index is 11.8. The molecule has 0 aromatic carbocycles. The molecular weight excluding hydrogens is 220 g/mol. The highest BCUT2D eigenvalue weighted by Gasteiger charge is 2.33. The molecule has 17 heavy (non-hydrogen) atoms. The van der Waals surface area contributed by atoms with Gasteiger partial charge in [0.2, 0.25) is 11.8 Å². The summed E-state index contributed by atoms with van der Waals surface area (Å²) in [5.74, 6) is 0.646. The third-order valence-electron chi connectivity index (χ3n) is 3.03. The molecule has 1 N–H and O–H groups in total. The molecule has 1 saturated heterocycles. The zero-order valence-corrected chi connectivity index (χ0v) is 10.0. The van der Waals surface area contributed by atoms with E-state index in [2.05, 4.69) is 10.3 Å². The van der Waals surface area contributed by atoms with E-state index in [0.29, 0.717) is 13.0 Å². The average molecular weight is 236 g/mol. The lowest BCUT2D eigenvalue weighted by Crippen LogP contribution is -2.57. The average Bonchev–Trinajstić information content (AvgIpc) is 2.70. The number of amides is 2. The minimum absolute atomic E-state index is 0.0561.